The summed E-state index contributed by atoms with van der Waals surface area (Å²) in [4.78, 5) is 0. The predicted octanol–water partition coefficient (Wildman–Crippen LogP) is 7.95. The fraction of sp³-hybridized carbons (Fsp3) is 0.724. The zero-order chi connectivity index (χ0) is 23.9. The minimum Gasteiger partial charge on any atom is -0.411 e. The maximum absolute atomic E-state index is 10.1. The molecular formula is C29H50O2Si. The average molecular weight is 459 g/mol. The highest BCUT2D eigenvalue weighted by Gasteiger charge is 2.40. The van der Waals surface area contributed by atoms with Gasteiger partial charge in [0.25, 0.3) is 0 Å². The molecule has 0 amide bonds. The Bertz CT molecular complexity index is 718. The number of aryl methyl sites for hydroxylation is 1. The van der Waals surface area contributed by atoms with Crippen molar-refractivity contribution < 1.29 is 9.53 Å². The van der Waals surface area contributed by atoms with Crippen LogP contribution in [0.2, 0.25) is 18.1 Å². The van der Waals surface area contributed by atoms with E-state index < -0.39 is 8.32 Å². The molecule has 32 heavy (non-hydrogen) atoms. The molecule has 1 N–H and O–H groups in total. The molecule has 1 saturated carbocycles. The third-order valence-electron chi connectivity index (χ3n) is 8.11. The van der Waals surface area contributed by atoms with Crippen LogP contribution in [0.3, 0.4) is 0 Å². The summed E-state index contributed by atoms with van der Waals surface area (Å²) in [6, 6.07) is 8.89. The van der Waals surface area contributed by atoms with Crippen molar-refractivity contribution in [3.05, 3.63) is 47.5 Å². The number of aliphatic hydroxyl groups excluding tert-OH is 1. The van der Waals surface area contributed by atoms with Gasteiger partial charge in [-0.15, -0.1) is 0 Å². The summed E-state index contributed by atoms with van der Waals surface area (Å²) in [5.41, 5.74) is 2.72. The molecule has 0 spiro atoms. The lowest BCUT2D eigenvalue weighted by atomic mass is 9.82. The number of unbranched alkanes of at least 4 members (excludes halogenated alkanes) is 2. The summed E-state index contributed by atoms with van der Waals surface area (Å²) in [5.74, 6) is 1.99. The summed E-state index contributed by atoms with van der Waals surface area (Å²) >= 11 is 0. The second-order valence-electron chi connectivity index (χ2n) is 11.9. The van der Waals surface area contributed by atoms with Crippen molar-refractivity contribution in [3.8, 4) is 0 Å². The van der Waals surface area contributed by atoms with Gasteiger partial charge in [-0.25, -0.2) is 0 Å². The summed E-state index contributed by atoms with van der Waals surface area (Å²) in [6.07, 6.45) is 12.1. The Balaban J connectivity index is 2.21. The van der Waals surface area contributed by atoms with Crippen LogP contribution in [0.4, 0.5) is 0 Å². The molecular weight excluding hydrogens is 408 g/mol. The van der Waals surface area contributed by atoms with E-state index in [0.717, 1.165) is 19.3 Å². The Morgan fingerprint density at radius 1 is 1.22 bits per heavy atom. The first-order valence-electron chi connectivity index (χ1n) is 13.0. The number of allylic oxidation sites excluding steroid dienone is 1. The molecule has 1 fully saturated rings. The van der Waals surface area contributed by atoms with Crippen molar-refractivity contribution in [2.24, 2.45) is 23.7 Å². The topological polar surface area (TPSA) is 29.5 Å². The van der Waals surface area contributed by atoms with Crippen molar-refractivity contribution in [1.29, 1.82) is 0 Å². The van der Waals surface area contributed by atoms with Crippen LogP contribution >= 0.6 is 0 Å². The highest BCUT2D eigenvalue weighted by molar-refractivity contribution is 6.74. The fourth-order valence-electron chi connectivity index (χ4n) is 5.10. The monoisotopic (exact) mass is 458 g/mol. The molecule has 1 aliphatic carbocycles. The summed E-state index contributed by atoms with van der Waals surface area (Å²) in [5, 5.41) is 10.3. The lowest BCUT2D eigenvalue weighted by Crippen LogP contribution is -2.43. The van der Waals surface area contributed by atoms with Crippen LogP contribution in [-0.2, 0) is 10.8 Å². The van der Waals surface area contributed by atoms with Crippen LogP contribution < -0.4 is 0 Å². The quantitative estimate of drug-likeness (QED) is 0.207. The van der Waals surface area contributed by atoms with Gasteiger partial charge in [0, 0.05) is 6.61 Å². The van der Waals surface area contributed by atoms with Gasteiger partial charge in [-0.1, -0.05) is 95.9 Å². The highest BCUT2D eigenvalue weighted by atomic mass is 28.4. The van der Waals surface area contributed by atoms with Gasteiger partial charge >= 0.3 is 0 Å². The van der Waals surface area contributed by atoms with E-state index in [1.807, 2.05) is 0 Å². The van der Waals surface area contributed by atoms with E-state index in [0.29, 0.717) is 30.3 Å². The molecule has 0 unspecified atom stereocenters. The van der Waals surface area contributed by atoms with E-state index in [9.17, 15) is 5.11 Å². The lowest BCUT2D eigenvalue weighted by molar-refractivity contribution is 0.184. The van der Waals surface area contributed by atoms with Gasteiger partial charge in [-0.3, -0.25) is 0 Å². The molecule has 182 valence electrons. The maximum atomic E-state index is 10.1. The van der Waals surface area contributed by atoms with Gasteiger partial charge in [0.15, 0.2) is 8.32 Å². The van der Waals surface area contributed by atoms with Gasteiger partial charge in [0.05, 0.1) is 6.10 Å². The molecule has 3 heteroatoms. The number of benzene rings is 1. The summed E-state index contributed by atoms with van der Waals surface area (Å²) in [6.45, 7) is 18.8. The van der Waals surface area contributed by atoms with Crippen LogP contribution in [0.5, 0.6) is 0 Å². The molecule has 0 saturated heterocycles. The van der Waals surface area contributed by atoms with E-state index in [1.165, 1.54) is 30.4 Å². The van der Waals surface area contributed by atoms with Gasteiger partial charge in [0.1, 0.15) is 0 Å². The largest absolute Gasteiger partial charge is 0.411 e. The fourth-order valence-corrected chi connectivity index (χ4v) is 6.41. The van der Waals surface area contributed by atoms with Crippen LogP contribution in [-0.4, -0.2) is 26.1 Å². The van der Waals surface area contributed by atoms with Crippen molar-refractivity contribution in [2.45, 2.75) is 104 Å². The van der Waals surface area contributed by atoms with Gasteiger partial charge in [0.2, 0.25) is 0 Å². The third-order valence-corrected chi connectivity index (χ3v) is 12.6. The van der Waals surface area contributed by atoms with Gasteiger partial charge in [-0.05, 0) is 73.6 Å². The molecule has 0 heterocycles. The average Bonchev–Trinajstić information content (AvgIpc) is 2.99. The molecule has 1 aromatic rings. The number of hydrogen-bond donors (Lipinski definition) is 1. The molecule has 2 nitrogen and oxygen atoms in total. The van der Waals surface area contributed by atoms with E-state index >= 15 is 0 Å². The van der Waals surface area contributed by atoms with Crippen LogP contribution in [0.25, 0.3) is 0 Å². The first-order chi connectivity index (χ1) is 15.0. The van der Waals surface area contributed by atoms with E-state index in [2.05, 4.69) is 91.1 Å². The first kappa shape index (κ1) is 27.3. The molecule has 0 aromatic heterocycles. The number of hydrogen-bond acceptors (Lipinski definition) is 2. The second kappa shape index (κ2) is 12.0. The van der Waals surface area contributed by atoms with Crippen molar-refractivity contribution in [1.82, 2.24) is 0 Å². The maximum Gasteiger partial charge on any atom is 0.192 e. The minimum absolute atomic E-state index is 0.211. The summed E-state index contributed by atoms with van der Waals surface area (Å²) < 4.78 is 6.87. The van der Waals surface area contributed by atoms with Crippen LogP contribution in [0.1, 0.15) is 77.8 Å². The second-order valence-corrected chi connectivity index (χ2v) is 16.6. The first-order valence-corrected chi connectivity index (χ1v) is 15.9. The SMILES string of the molecule is CCCCC[C@@H](/C=C/[C@@H]1[C@@H](Cc2cccc(C)c2)[C@@H](CO)C[C@H]1C)O[Si](C)(C)C(C)(C)C. The summed E-state index contributed by atoms with van der Waals surface area (Å²) in [7, 11) is -1.82. The van der Waals surface area contributed by atoms with Gasteiger partial charge < -0.3 is 9.53 Å². The Hall–Kier alpha value is -0.903. The zero-order valence-corrected chi connectivity index (χ0v) is 23.2. The van der Waals surface area contributed by atoms with Crippen LogP contribution in [0, 0.1) is 30.6 Å². The Labute approximate surface area is 200 Å². The molecule has 0 radical (unpaired) electrons. The van der Waals surface area contributed by atoms with Crippen molar-refractivity contribution in [3.63, 3.8) is 0 Å². The van der Waals surface area contributed by atoms with Crippen molar-refractivity contribution in [2.75, 3.05) is 6.61 Å². The smallest absolute Gasteiger partial charge is 0.192 e. The number of rotatable bonds is 11. The predicted molar refractivity (Wildman–Crippen MR) is 142 cm³/mol. The lowest BCUT2D eigenvalue weighted by Gasteiger charge is -2.39. The third kappa shape index (κ3) is 7.57. The van der Waals surface area contributed by atoms with E-state index in [-0.39, 0.29) is 11.1 Å². The molecule has 2 rings (SSSR count). The molecule has 1 aromatic carbocycles. The molecule has 0 aliphatic heterocycles. The normalized spacial score (nSPS) is 25.5. The molecule has 5 atom stereocenters. The zero-order valence-electron chi connectivity index (χ0n) is 22.2. The van der Waals surface area contributed by atoms with E-state index in [4.69, 9.17) is 4.43 Å². The van der Waals surface area contributed by atoms with Crippen molar-refractivity contribution >= 4 is 8.32 Å². The Morgan fingerprint density at radius 3 is 2.53 bits per heavy atom. The minimum atomic E-state index is -1.82. The highest BCUT2D eigenvalue weighted by Crippen LogP contribution is 2.44. The van der Waals surface area contributed by atoms with Gasteiger partial charge in [-0.2, -0.15) is 0 Å². The molecule has 1 aliphatic rings. The van der Waals surface area contributed by atoms with Crippen LogP contribution in [0.15, 0.2) is 36.4 Å². The van der Waals surface area contributed by atoms with E-state index in [1.54, 1.807) is 0 Å². The Morgan fingerprint density at radius 2 is 1.94 bits per heavy atom. The Kier molecular flexibility index (Phi) is 10.2. The standard InChI is InChI=1S/C29H50O2Si/c1-9-10-11-15-26(31-32(7,8)29(4,5)6)16-17-27-23(3)19-25(21-30)28(27)20-24-14-12-13-22(2)18-24/h12-14,16-18,23,25-28,30H,9-11,15,19-21H2,1-8H3/b17-16+/t23-,25-,26+,27+,28+/m1/s1. The number of aliphatic hydroxyl groups is 1. The molecule has 0 bridgehead atoms.